The third kappa shape index (κ3) is 4.79. The molecule has 0 saturated heterocycles. The molecule has 0 bridgehead atoms. The molecule has 2 heterocycles. The molecule has 2 N–H and O–H groups in total. The monoisotopic (exact) mass is 661 g/mol. The zero-order valence-electron chi connectivity index (χ0n) is 25.7. The molecule has 0 amide bonds. The van der Waals surface area contributed by atoms with E-state index in [9.17, 15) is 19.1 Å². The second kappa shape index (κ2) is 11.7. The fourth-order valence-electron chi connectivity index (χ4n) is 9.36. The van der Waals surface area contributed by atoms with Crippen LogP contribution in [0.4, 0.5) is 4.39 Å². The molecule has 7 rings (SSSR count). The highest BCUT2D eigenvalue weighted by atomic mass is 32.2. The number of carbonyl (C=O) groups is 2. The summed E-state index contributed by atoms with van der Waals surface area (Å²) in [5, 5.41) is 27.5. The van der Waals surface area contributed by atoms with Crippen LogP contribution in [0.1, 0.15) is 67.0 Å². The molecule has 3 saturated carbocycles. The SMILES string of the molecule is C[C@]12Cc3cnn(-c4ccc(F)cc4)c3C=C1CC[C@@H]1[C@@H]2[C@@H](O)C[C@@]2(C)[C@H]1CC[C@]2(OC(=O)c1nccs1)C(=O)SCC#CCO. The first kappa shape index (κ1) is 31.3. The Bertz CT molecular complexity index is 1760. The molecule has 7 atom stereocenters. The number of fused-ring (bicyclic) bond motifs is 6. The number of thiazole rings is 1. The van der Waals surface area contributed by atoms with E-state index in [0.29, 0.717) is 19.3 Å². The number of aromatic nitrogens is 3. The lowest BCUT2D eigenvalue weighted by Crippen LogP contribution is -2.62. The number of hydrogen-bond acceptors (Lipinski definition) is 9. The number of allylic oxidation sites excluding steroid dienone is 1. The van der Waals surface area contributed by atoms with E-state index in [2.05, 4.69) is 34.9 Å². The molecule has 240 valence electrons. The van der Waals surface area contributed by atoms with Crippen molar-refractivity contribution >= 4 is 40.3 Å². The third-order valence-electron chi connectivity index (χ3n) is 11.3. The zero-order valence-corrected chi connectivity index (χ0v) is 27.4. The lowest BCUT2D eigenvalue weighted by atomic mass is 9.45. The summed E-state index contributed by atoms with van der Waals surface area (Å²) < 4.78 is 21.8. The van der Waals surface area contributed by atoms with Gasteiger partial charge in [0.05, 0.1) is 29.4 Å². The van der Waals surface area contributed by atoms with Gasteiger partial charge < -0.3 is 14.9 Å². The number of benzene rings is 1. The smallest absolute Gasteiger partial charge is 0.368 e. The van der Waals surface area contributed by atoms with E-state index in [0.717, 1.165) is 48.0 Å². The summed E-state index contributed by atoms with van der Waals surface area (Å²) in [7, 11) is 0. The van der Waals surface area contributed by atoms with Crippen molar-refractivity contribution < 1.29 is 28.9 Å². The van der Waals surface area contributed by atoms with Crippen molar-refractivity contribution in [3.05, 3.63) is 69.7 Å². The van der Waals surface area contributed by atoms with Gasteiger partial charge >= 0.3 is 5.97 Å². The van der Waals surface area contributed by atoms with Crippen molar-refractivity contribution in [3.63, 3.8) is 0 Å². The van der Waals surface area contributed by atoms with Crippen LogP contribution >= 0.6 is 23.1 Å². The largest absolute Gasteiger partial charge is 0.444 e. The van der Waals surface area contributed by atoms with Crippen molar-refractivity contribution in [1.82, 2.24) is 14.8 Å². The van der Waals surface area contributed by atoms with Gasteiger partial charge in [-0.25, -0.2) is 18.9 Å². The maximum Gasteiger partial charge on any atom is 0.368 e. The molecule has 3 fully saturated rings. The van der Waals surface area contributed by atoms with E-state index in [1.54, 1.807) is 17.5 Å². The summed E-state index contributed by atoms with van der Waals surface area (Å²) in [6.45, 7) is 3.99. The molecule has 11 heteroatoms. The second-order valence-corrected chi connectivity index (χ2v) is 15.3. The average Bonchev–Trinajstić information content (AvgIpc) is 3.77. The van der Waals surface area contributed by atoms with Gasteiger partial charge in [-0.1, -0.05) is 43.0 Å². The first-order valence-corrected chi connectivity index (χ1v) is 17.6. The molecule has 8 nitrogen and oxygen atoms in total. The lowest BCUT2D eigenvalue weighted by molar-refractivity contribution is -0.174. The van der Waals surface area contributed by atoms with Crippen LogP contribution in [0, 0.1) is 46.2 Å². The van der Waals surface area contributed by atoms with Crippen molar-refractivity contribution in [2.45, 2.75) is 64.1 Å². The van der Waals surface area contributed by atoms with E-state index >= 15 is 0 Å². The summed E-state index contributed by atoms with van der Waals surface area (Å²) >= 11 is 2.18. The molecule has 4 aliphatic carbocycles. The molecule has 4 aliphatic rings. The van der Waals surface area contributed by atoms with Gasteiger partial charge in [-0.2, -0.15) is 5.10 Å². The highest BCUT2D eigenvalue weighted by Crippen LogP contribution is 2.69. The summed E-state index contributed by atoms with van der Waals surface area (Å²) in [5.41, 5.74) is 1.62. The molecular formula is C35H36FN3O5S2. The maximum absolute atomic E-state index is 14.1. The number of thioether (sulfide) groups is 1. The minimum atomic E-state index is -1.44. The Kier molecular flexibility index (Phi) is 7.99. The number of halogens is 1. The van der Waals surface area contributed by atoms with E-state index < -0.39 is 23.1 Å². The van der Waals surface area contributed by atoms with Crippen LogP contribution in [-0.2, 0) is 16.0 Å². The molecular weight excluding hydrogens is 626 g/mol. The number of esters is 1. The van der Waals surface area contributed by atoms with Crippen LogP contribution in [0.3, 0.4) is 0 Å². The molecule has 1 aromatic carbocycles. The normalized spacial score (nSPS) is 32.6. The fraction of sp³-hybridized carbons (Fsp3) is 0.486. The van der Waals surface area contributed by atoms with Crippen molar-refractivity contribution in [2.24, 2.45) is 28.6 Å². The number of hydrogen-bond donors (Lipinski definition) is 2. The summed E-state index contributed by atoms with van der Waals surface area (Å²) in [4.78, 5) is 31.7. The zero-order chi connectivity index (χ0) is 32.3. The number of carbonyl (C=O) groups excluding carboxylic acids is 2. The average molecular weight is 662 g/mol. The Morgan fingerprint density at radius 2 is 2.02 bits per heavy atom. The van der Waals surface area contributed by atoms with Crippen molar-refractivity contribution in [3.8, 4) is 17.5 Å². The summed E-state index contributed by atoms with van der Waals surface area (Å²) in [5.74, 6) is 4.77. The van der Waals surface area contributed by atoms with Gasteiger partial charge in [0.2, 0.25) is 10.1 Å². The Morgan fingerprint density at radius 1 is 1.22 bits per heavy atom. The Hall–Kier alpha value is -3.30. The highest BCUT2D eigenvalue weighted by molar-refractivity contribution is 8.14. The van der Waals surface area contributed by atoms with Crippen LogP contribution in [0.2, 0.25) is 0 Å². The number of aliphatic hydroxyl groups excluding tert-OH is 2. The number of nitrogens with zero attached hydrogens (tertiary/aromatic N) is 3. The van der Waals surface area contributed by atoms with Gasteiger partial charge in [-0.3, -0.25) is 4.79 Å². The van der Waals surface area contributed by atoms with Gasteiger partial charge in [0, 0.05) is 17.0 Å². The van der Waals surface area contributed by atoms with Gasteiger partial charge in [0.25, 0.3) is 0 Å². The van der Waals surface area contributed by atoms with Crippen LogP contribution in [-0.4, -0.2) is 60.1 Å². The summed E-state index contributed by atoms with van der Waals surface area (Å²) in [6.07, 6.45) is 8.72. The van der Waals surface area contributed by atoms with Gasteiger partial charge in [0.1, 0.15) is 12.4 Å². The first-order chi connectivity index (χ1) is 22.1. The van der Waals surface area contributed by atoms with Gasteiger partial charge in [-0.05, 0) is 97.6 Å². The molecule has 3 aromatic rings. The van der Waals surface area contributed by atoms with E-state index in [1.165, 1.54) is 35.2 Å². The highest BCUT2D eigenvalue weighted by Gasteiger charge is 2.70. The topological polar surface area (TPSA) is 115 Å². The molecule has 0 spiro atoms. The van der Waals surface area contributed by atoms with E-state index in [4.69, 9.17) is 9.84 Å². The number of ether oxygens (including phenoxy) is 1. The van der Waals surface area contributed by atoms with E-state index in [-0.39, 0.29) is 51.5 Å². The number of rotatable bonds is 5. The van der Waals surface area contributed by atoms with Crippen molar-refractivity contribution in [2.75, 3.05) is 12.4 Å². The van der Waals surface area contributed by atoms with Crippen LogP contribution in [0.15, 0.2) is 47.6 Å². The Morgan fingerprint density at radius 3 is 2.76 bits per heavy atom. The van der Waals surface area contributed by atoms with Gasteiger partial charge in [0.15, 0.2) is 5.60 Å². The standard InChI is InChI=1S/C35H36FN3O5S2/c1-33-18-21-20-38-39(24-8-6-23(36)7-9-24)27(21)17-22(33)5-10-25-26-11-12-35(32(43)46-15-4-3-14-40,34(26,2)19-28(41)29(25)33)44-31(42)30-37-13-16-45-30/h6-9,13,16-17,20,25-26,28-29,40-41H,5,10-12,14-15,18-19H2,1-2H3/t25-,26-,28-,29+,33-,34-,35-/m0/s1. The van der Waals surface area contributed by atoms with Crippen LogP contribution in [0.5, 0.6) is 0 Å². The molecule has 0 radical (unpaired) electrons. The summed E-state index contributed by atoms with van der Waals surface area (Å²) in [6, 6.07) is 6.32. The van der Waals surface area contributed by atoms with Gasteiger partial charge in [-0.15, -0.1) is 11.3 Å². The van der Waals surface area contributed by atoms with Crippen LogP contribution < -0.4 is 0 Å². The van der Waals surface area contributed by atoms with Crippen LogP contribution in [0.25, 0.3) is 11.8 Å². The first-order valence-electron chi connectivity index (χ1n) is 15.7. The fourth-order valence-corrected chi connectivity index (χ4v) is 10.8. The molecule has 0 unspecified atom stereocenters. The van der Waals surface area contributed by atoms with E-state index in [1.807, 2.05) is 17.8 Å². The Labute approximate surface area is 275 Å². The quantitative estimate of drug-likeness (QED) is 0.273. The number of aliphatic hydroxyl groups is 2. The van der Waals surface area contributed by atoms with Crippen molar-refractivity contribution in [1.29, 1.82) is 0 Å². The maximum atomic E-state index is 14.1. The predicted molar refractivity (Wildman–Crippen MR) is 174 cm³/mol. The molecule has 0 aliphatic heterocycles. The minimum Gasteiger partial charge on any atom is -0.444 e. The molecule has 2 aromatic heterocycles. The molecule has 46 heavy (non-hydrogen) atoms. The lowest BCUT2D eigenvalue weighted by Gasteiger charge is -2.60. The second-order valence-electron chi connectivity index (χ2n) is 13.4. The predicted octanol–water partition coefficient (Wildman–Crippen LogP) is 5.47. The third-order valence-corrected chi connectivity index (χ3v) is 12.9. The Balaban J connectivity index is 1.22. The minimum absolute atomic E-state index is 0.0449.